The summed E-state index contributed by atoms with van der Waals surface area (Å²) in [5.41, 5.74) is 2.78. The molecule has 2 unspecified atom stereocenters. The summed E-state index contributed by atoms with van der Waals surface area (Å²) in [6, 6.07) is 21.9. The quantitative estimate of drug-likeness (QED) is 0.410. The molecule has 27 heavy (non-hydrogen) atoms. The Kier molecular flexibility index (Phi) is 6.49. The molecule has 2 heteroatoms. The minimum atomic E-state index is -0.00450. The number of benzene rings is 2. The van der Waals surface area contributed by atoms with Crippen LogP contribution in [0.15, 0.2) is 73.1 Å². The van der Waals surface area contributed by atoms with Crippen LogP contribution in [0.2, 0.25) is 0 Å². The van der Waals surface area contributed by atoms with Gasteiger partial charge in [-0.1, -0.05) is 93.8 Å². The normalized spacial score (nSPS) is 14.6. The fraction of sp³-hybridized carbons (Fsp3) is 0.400. The van der Waals surface area contributed by atoms with Crippen molar-refractivity contribution in [2.75, 3.05) is 0 Å². The number of rotatable bonds is 9. The van der Waals surface area contributed by atoms with Gasteiger partial charge in [0.1, 0.15) is 5.82 Å². The Labute approximate surface area is 164 Å². The maximum atomic E-state index is 4.79. The van der Waals surface area contributed by atoms with Gasteiger partial charge in [-0.25, -0.2) is 4.98 Å². The molecule has 0 saturated carbocycles. The molecule has 1 heterocycles. The Bertz CT molecular complexity index is 807. The second-order valence-corrected chi connectivity index (χ2v) is 7.89. The monoisotopic (exact) mass is 360 g/mol. The molecule has 0 N–H and O–H groups in total. The number of nitrogens with zero attached hydrogens (tertiary/aromatic N) is 2. The lowest BCUT2D eigenvalue weighted by molar-refractivity contribution is 0.327. The van der Waals surface area contributed by atoms with Gasteiger partial charge in [-0.15, -0.1) is 0 Å². The van der Waals surface area contributed by atoms with Crippen LogP contribution in [0.5, 0.6) is 0 Å². The third-order valence-corrected chi connectivity index (χ3v) is 5.88. The Morgan fingerprint density at radius 1 is 0.963 bits per heavy atom. The van der Waals surface area contributed by atoms with Crippen LogP contribution in [-0.4, -0.2) is 9.55 Å². The number of hydrogen-bond acceptors (Lipinski definition) is 1. The van der Waals surface area contributed by atoms with E-state index >= 15 is 0 Å². The van der Waals surface area contributed by atoms with Crippen molar-refractivity contribution in [3.8, 4) is 0 Å². The minimum absolute atomic E-state index is 0.00450. The second kappa shape index (κ2) is 9.03. The van der Waals surface area contributed by atoms with E-state index in [1.807, 2.05) is 6.20 Å². The van der Waals surface area contributed by atoms with Gasteiger partial charge in [0.25, 0.3) is 0 Å². The number of unbranched alkanes of at least 4 members (excludes halogenated alkanes) is 2. The molecule has 0 saturated heterocycles. The predicted octanol–water partition coefficient (Wildman–Crippen LogP) is 6.28. The fourth-order valence-electron chi connectivity index (χ4n) is 4.31. The van der Waals surface area contributed by atoms with Crippen molar-refractivity contribution in [2.45, 2.75) is 57.3 Å². The molecule has 0 aliphatic carbocycles. The standard InChI is InChI=1S/C25H32N2/c1-4-5-8-17-23(24-26-18-19-27(24)3)25(2,22-15-11-7-12-16-22)20-21-13-9-6-10-14-21/h6-7,9-16,18-19,23H,4-5,8,17,20H2,1-3H3. The molecule has 0 aliphatic rings. The van der Waals surface area contributed by atoms with E-state index in [2.05, 4.69) is 92.3 Å². The Morgan fingerprint density at radius 2 is 1.63 bits per heavy atom. The van der Waals surface area contributed by atoms with Crippen molar-refractivity contribution in [3.63, 3.8) is 0 Å². The van der Waals surface area contributed by atoms with Crippen LogP contribution in [0, 0.1) is 0 Å². The van der Waals surface area contributed by atoms with Crippen molar-refractivity contribution in [3.05, 3.63) is 90.0 Å². The molecule has 0 spiro atoms. The van der Waals surface area contributed by atoms with E-state index < -0.39 is 0 Å². The van der Waals surface area contributed by atoms with Crippen LogP contribution in [0.1, 0.15) is 62.4 Å². The summed E-state index contributed by atoms with van der Waals surface area (Å²) in [7, 11) is 2.13. The van der Waals surface area contributed by atoms with Crippen LogP contribution in [0.25, 0.3) is 0 Å². The second-order valence-electron chi connectivity index (χ2n) is 7.89. The van der Waals surface area contributed by atoms with Crippen LogP contribution >= 0.6 is 0 Å². The van der Waals surface area contributed by atoms with Gasteiger partial charge in [-0.2, -0.15) is 0 Å². The first kappa shape index (κ1) is 19.4. The third-order valence-electron chi connectivity index (χ3n) is 5.88. The van der Waals surface area contributed by atoms with E-state index in [1.54, 1.807) is 0 Å². The van der Waals surface area contributed by atoms with Crippen molar-refractivity contribution in [1.82, 2.24) is 9.55 Å². The highest BCUT2D eigenvalue weighted by Gasteiger charge is 2.38. The van der Waals surface area contributed by atoms with Crippen molar-refractivity contribution >= 4 is 0 Å². The molecule has 3 aromatic rings. The van der Waals surface area contributed by atoms with E-state index in [9.17, 15) is 0 Å². The summed E-state index contributed by atoms with van der Waals surface area (Å²) in [6.45, 7) is 4.71. The molecule has 0 bridgehead atoms. The largest absolute Gasteiger partial charge is 0.338 e. The first-order chi connectivity index (χ1) is 13.1. The predicted molar refractivity (Wildman–Crippen MR) is 114 cm³/mol. The minimum Gasteiger partial charge on any atom is -0.338 e. The van der Waals surface area contributed by atoms with Crippen molar-refractivity contribution in [2.24, 2.45) is 7.05 Å². The zero-order valence-electron chi connectivity index (χ0n) is 16.9. The van der Waals surface area contributed by atoms with Gasteiger partial charge in [0.2, 0.25) is 0 Å². The SMILES string of the molecule is CCCCCC(c1nccn1C)C(C)(Cc1ccccc1)c1ccccc1. The van der Waals surface area contributed by atoms with Crippen LogP contribution in [-0.2, 0) is 18.9 Å². The van der Waals surface area contributed by atoms with Gasteiger partial charge in [0.15, 0.2) is 0 Å². The van der Waals surface area contributed by atoms with Gasteiger partial charge >= 0.3 is 0 Å². The van der Waals surface area contributed by atoms with E-state index in [-0.39, 0.29) is 5.41 Å². The first-order valence-electron chi connectivity index (χ1n) is 10.2. The number of imidazole rings is 1. The molecular formula is C25H32N2. The molecule has 3 rings (SSSR count). The number of aromatic nitrogens is 2. The highest BCUT2D eigenvalue weighted by atomic mass is 15.0. The summed E-state index contributed by atoms with van der Waals surface area (Å²) < 4.78 is 2.21. The molecule has 0 amide bonds. The topological polar surface area (TPSA) is 17.8 Å². The lowest BCUT2D eigenvalue weighted by Gasteiger charge is -2.38. The molecule has 0 fully saturated rings. The Hall–Kier alpha value is -2.35. The fourth-order valence-corrected chi connectivity index (χ4v) is 4.31. The van der Waals surface area contributed by atoms with E-state index in [0.717, 1.165) is 12.8 Å². The summed E-state index contributed by atoms with van der Waals surface area (Å²) >= 11 is 0. The molecule has 0 aliphatic heterocycles. The molecule has 142 valence electrons. The van der Waals surface area contributed by atoms with Crippen molar-refractivity contribution in [1.29, 1.82) is 0 Å². The zero-order valence-corrected chi connectivity index (χ0v) is 16.9. The Morgan fingerprint density at radius 3 is 2.22 bits per heavy atom. The summed E-state index contributed by atoms with van der Waals surface area (Å²) in [4.78, 5) is 4.79. The van der Waals surface area contributed by atoms with E-state index in [4.69, 9.17) is 4.98 Å². The molecule has 2 nitrogen and oxygen atoms in total. The lowest BCUT2D eigenvalue weighted by Crippen LogP contribution is -2.34. The maximum absolute atomic E-state index is 4.79. The molecular weight excluding hydrogens is 328 g/mol. The van der Waals surface area contributed by atoms with Crippen LogP contribution < -0.4 is 0 Å². The average molecular weight is 361 g/mol. The molecule has 1 aromatic heterocycles. The van der Waals surface area contributed by atoms with Gasteiger partial charge in [0, 0.05) is 30.8 Å². The summed E-state index contributed by atoms with van der Waals surface area (Å²) in [6.07, 6.45) is 9.96. The zero-order chi connectivity index (χ0) is 19.1. The summed E-state index contributed by atoms with van der Waals surface area (Å²) in [5, 5.41) is 0. The molecule has 0 radical (unpaired) electrons. The maximum Gasteiger partial charge on any atom is 0.112 e. The van der Waals surface area contributed by atoms with Gasteiger partial charge in [0.05, 0.1) is 0 Å². The van der Waals surface area contributed by atoms with Crippen molar-refractivity contribution < 1.29 is 0 Å². The summed E-state index contributed by atoms with van der Waals surface area (Å²) in [5.74, 6) is 1.58. The number of aryl methyl sites for hydroxylation is 1. The van der Waals surface area contributed by atoms with Gasteiger partial charge in [-0.3, -0.25) is 0 Å². The van der Waals surface area contributed by atoms with E-state index in [0.29, 0.717) is 5.92 Å². The average Bonchev–Trinajstić information content (AvgIpc) is 3.12. The highest BCUT2D eigenvalue weighted by molar-refractivity contribution is 5.33. The van der Waals surface area contributed by atoms with Gasteiger partial charge < -0.3 is 4.57 Å². The van der Waals surface area contributed by atoms with Crippen LogP contribution in [0.3, 0.4) is 0 Å². The third kappa shape index (κ3) is 4.50. The van der Waals surface area contributed by atoms with Gasteiger partial charge in [-0.05, 0) is 24.0 Å². The van der Waals surface area contributed by atoms with Crippen LogP contribution in [0.4, 0.5) is 0 Å². The molecule has 2 atom stereocenters. The Balaban J connectivity index is 2.05. The first-order valence-corrected chi connectivity index (χ1v) is 10.2. The lowest BCUT2D eigenvalue weighted by atomic mass is 9.66. The molecule has 2 aromatic carbocycles. The highest BCUT2D eigenvalue weighted by Crippen LogP contribution is 2.44. The number of hydrogen-bond donors (Lipinski definition) is 0. The van der Waals surface area contributed by atoms with E-state index in [1.165, 1.54) is 36.2 Å². The smallest absolute Gasteiger partial charge is 0.112 e.